The van der Waals surface area contributed by atoms with E-state index in [9.17, 15) is 14.4 Å². The Morgan fingerprint density at radius 2 is 2.39 bits per heavy atom. The van der Waals surface area contributed by atoms with Crippen molar-refractivity contribution < 1.29 is 19.1 Å². The molecule has 96 valence electrons. The fourth-order valence-electron chi connectivity index (χ4n) is 1.52. The molecule has 7 nitrogen and oxygen atoms in total. The van der Waals surface area contributed by atoms with E-state index in [1.165, 1.54) is 13.3 Å². The number of carbonyl (C=O) groups is 3. The number of thiazole rings is 1. The topological polar surface area (TPSA) is 97.4 Å². The van der Waals surface area contributed by atoms with Crippen molar-refractivity contribution in [2.75, 3.05) is 7.11 Å². The van der Waals surface area contributed by atoms with E-state index in [0.717, 1.165) is 11.3 Å². The van der Waals surface area contributed by atoms with E-state index in [1.807, 2.05) is 0 Å². The number of imide groups is 1. The largest absolute Gasteiger partial charge is 0.473 e. The predicted octanol–water partition coefficient (Wildman–Crippen LogP) is -0.313. The van der Waals surface area contributed by atoms with E-state index in [4.69, 9.17) is 4.74 Å². The second kappa shape index (κ2) is 5.13. The van der Waals surface area contributed by atoms with Crippen LogP contribution in [0.4, 0.5) is 0 Å². The van der Waals surface area contributed by atoms with Crippen LogP contribution >= 0.6 is 11.3 Å². The van der Waals surface area contributed by atoms with E-state index < -0.39 is 17.9 Å². The summed E-state index contributed by atoms with van der Waals surface area (Å²) in [7, 11) is 1.46. The Morgan fingerprint density at radius 3 is 3.00 bits per heavy atom. The first-order valence-electron chi connectivity index (χ1n) is 5.24. The minimum atomic E-state index is -0.678. The molecule has 1 fully saturated rings. The molecular weight excluding hydrogens is 258 g/mol. The van der Waals surface area contributed by atoms with Crippen molar-refractivity contribution in [3.63, 3.8) is 0 Å². The highest BCUT2D eigenvalue weighted by molar-refractivity contribution is 7.15. The van der Waals surface area contributed by atoms with Crippen LogP contribution in [0.25, 0.3) is 0 Å². The van der Waals surface area contributed by atoms with Gasteiger partial charge in [0.25, 0.3) is 11.1 Å². The first kappa shape index (κ1) is 12.5. The van der Waals surface area contributed by atoms with Crippen molar-refractivity contribution in [1.29, 1.82) is 0 Å². The van der Waals surface area contributed by atoms with Crippen molar-refractivity contribution in [2.24, 2.45) is 0 Å². The minimum Gasteiger partial charge on any atom is -0.473 e. The molecule has 0 aromatic carbocycles. The van der Waals surface area contributed by atoms with Gasteiger partial charge >= 0.3 is 0 Å². The Balaban J connectivity index is 1.99. The Morgan fingerprint density at radius 1 is 1.61 bits per heavy atom. The van der Waals surface area contributed by atoms with E-state index in [-0.39, 0.29) is 12.3 Å². The number of amides is 3. The number of hydrogen-bond donors (Lipinski definition) is 2. The van der Waals surface area contributed by atoms with Crippen molar-refractivity contribution in [1.82, 2.24) is 15.6 Å². The summed E-state index contributed by atoms with van der Waals surface area (Å²) in [5.41, 5.74) is 0. The number of carbonyl (C=O) groups excluding carboxylic acids is 3. The van der Waals surface area contributed by atoms with Gasteiger partial charge in [0, 0.05) is 6.42 Å². The van der Waals surface area contributed by atoms with Crippen molar-refractivity contribution in [3.8, 4) is 5.19 Å². The number of nitrogens with zero attached hydrogens (tertiary/aromatic N) is 1. The molecule has 1 unspecified atom stereocenters. The van der Waals surface area contributed by atoms with Crippen LogP contribution in [0.3, 0.4) is 0 Å². The molecule has 0 bridgehead atoms. The molecular formula is C10H11N3O4S. The fraction of sp³-hybridized carbons (Fsp3) is 0.400. The van der Waals surface area contributed by atoms with Gasteiger partial charge in [-0.2, -0.15) is 0 Å². The number of piperidine rings is 1. The summed E-state index contributed by atoms with van der Waals surface area (Å²) >= 11 is 1.09. The average molecular weight is 269 g/mol. The van der Waals surface area contributed by atoms with E-state index in [1.54, 1.807) is 0 Å². The summed E-state index contributed by atoms with van der Waals surface area (Å²) in [6.07, 6.45) is 1.92. The summed E-state index contributed by atoms with van der Waals surface area (Å²) in [4.78, 5) is 38.4. The zero-order valence-corrected chi connectivity index (χ0v) is 10.4. The van der Waals surface area contributed by atoms with Crippen LogP contribution in [0.2, 0.25) is 0 Å². The zero-order chi connectivity index (χ0) is 13.1. The third-order valence-corrected chi connectivity index (χ3v) is 3.38. The predicted molar refractivity (Wildman–Crippen MR) is 62.3 cm³/mol. The lowest BCUT2D eigenvalue weighted by atomic mass is 10.1. The average Bonchev–Trinajstić information content (AvgIpc) is 2.81. The SMILES string of the molecule is COc1ncc(C(=O)NC2CCC(=O)NC2=O)s1. The van der Waals surface area contributed by atoms with Gasteiger partial charge in [0.15, 0.2) is 0 Å². The second-order valence-corrected chi connectivity index (χ2v) is 4.66. The molecule has 1 aromatic rings. The van der Waals surface area contributed by atoms with Crippen LogP contribution in [0.15, 0.2) is 6.20 Å². The fourth-order valence-corrected chi connectivity index (χ4v) is 2.15. The molecule has 0 spiro atoms. The highest BCUT2D eigenvalue weighted by Gasteiger charge is 2.28. The van der Waals surface area contributed by atoms with E-state index in [2.05, 4.69) is 15.6 Å². The first-order valence-corrected chi connectivity index (χ1v) is 6.06. The molecule has 0 aliphatic carbocycles. The molecule has 1 aromatic heterocycles. The van der Waals surface area contributed by atoms with Crippen molar-refractivity contribution in [3.05, 3.63) is 11.1 Å². The highest BCUT2D eigenvalue weighted by atomic mass is 32.1. The normalized spacial score (nSPS) is 19.3. The smallest absolute Gasteiger partial charge is 0.273 e. The van der Waals surface area contributed by atoms with Gasteiger partial charge in [-0.05, 0) is 6.42 Å². The molecule has 3 amide bonds. The summed E-state index contributed by atoms with van der Waals surface area (Å²) in [6.45, 7) is 0. The van der Waals surface area contributed by atoms with Crippen molar-refractivity contribution >= 4 is 29.1 Å². The van der Waals surface area contributed by atoms with Crippen LogP contribution in [-0.2, 0) is 9.59 Å². The number of aromatic nitrogens is 1. The lowest BCUT2D eigenvalue weighted by Crippen LogP contribution is -2.52. The molecule has 1 atom stereocenters. The third kappa shape index (κ3) is 2.65. The molecule has 2 N–H and O–H groups in total. The van der Waals surface area contributed by atoms with Gasteiger partial charge in [-0.1, -0.05) is 11.3 Å². The van der Waals surface area contributed by atoms with Crippen LogP contribution in [-0.4, -0.2) is 35.9 Å². The molecule has 18 heavy (non-hydrogen) atoms. The number of methoxy groups -OCH3 is 1. The van der Waals surface area contributed by atoms with Gasteiger partial charge in [0.05, 0.1) is 13.3 Å². The molecule has 1 saturated heterocycles. The maximum atomic E-state index is 11.8. The van der Waals surface area contributed by atoms with Crippen LogP contribution in [0, 0.1) is 0 Å². The van der Waals surface area contributed by atoms with Gasteiger partial charge in [-0.15, -0.1) is 0 Å². The summed E-state index contributed by atoms with van der Waals surface area (Å²) < 4.78 is 4.87. The van der Waals surface area contributed by atoms with Crippen LogP contribution in [0.1, 0.15) is 22.5 Å². The van der Waals surface area contributed by atoms with Gasteiger partial charge in [0.2, 0.25) is 11.8 Å². The molecule has 1 aliphatic rings. The molecule has 2 heterocycles. The Bertz CT molecular complexity index is 499. The molecule has 0 saturated carbocycles. The first-order chi connectivity index (χ1) is 8.60. The number of nitrogens with one attached hydrogen (secondary N) is 2. The zero-order valence-electron chi connectivity index (χ0n) is 9.56. The number of hydrogen-bond acceptors (Lipinski definition) is 6. The summed E-state index contributed by atoms with van der Waals surface area (Å²) in [6, 6.07) is -0.678. The van der Waals surface area contributed by atoms with Gasteiger partial charge in [-0.25, -0.2) is 4.98 Å². The lowest BCUT2D eigenvalue weighted by molar-refractivity contribution is -0.134. The summed E-state index contributed by atoms with van der Waals surface area (Å²) in [5.74, 6) is -1.19. The Hall–Kier alpha value is -1.96. The molecule has 0 radical (unpaired) electrons. The highest BCUT2D eigenvalue weighted by Crippen LogP contribution is 2.20. The van der Waals surface area contributed by atoms with Gasteiger partial charge in [-0.3, -0.25) is 19.7 Å². The summed E-state index contributed by atoms with van der Waals surface area (Å²) in [5, 5.41) is 5.11. The maximum absolute atomic E-state index is 11.8. The monoisotopic (exact) mass is 269 g/mol. The van der Waals surface area contributed by atoms with E-state index in [0.29, 0.717) is 16.5 Å². The minimum absolute atomic E-state index is 0.225. The number of rotatable bonds is 3. The molecule has 8 heteroatoms. The second-order valence-electron chi connectivity index (χ2n) is 3.67. The van der Waals surface area contributed by atoms with Gasteiger partial charge in [0.1, 0.15) is 10.9 Å². The lowest BCUT2D eigenvalue weighted by Gasteiger charge is -2.21. The quantitative estimate of drug-likeness (QED) is 0.733. The van der Waals surface area contributed by atoms with Crippen LogP contribution in [0.5, 0.6) is 5.19 Å². The third-order valence-electron chi connectivity index (χ3n) is 2.43. The van der Waals surface area contributed by atoms with Crippen LogP contribution < -0.4 is 15.4 Å². The Kier molecular flexibility index (Phi) is 3.56. The molecule has 2 rings (SSSR count). The van der Waals surface area contributed by atoms with Gasteiger partial charge < -0.3 is 10.1 Å². The molecule has 1 aliphatic heterocycles. The standard InChI is InChI=1S/C10H11N3O4S/c1-17-10-11-4-6(18-10)9(16)12-5-2-3-7(14)13-8(5)15/h4-5H,2-3H2,1H3,(H,12,16)(H,13,14,15). The maximum Gasteiger partial charge on any atom is 0.273 e. The number of ether oxygens (including phenoxy) is 1. The van der Waals surface area contributed by atoms with Crippen molar-refractivity contribution in [2.45, 2.75) is 18.9 Å². The van der Waals surface area contributed by atoms with E-state index >= 15 is 0 Å². The Labute approximate surface area is 107 Å².